The minimum absolute atomic E-state index is 0.313. The van der Waals surface area contributed by atoms with Crippen LogP contribution in [0.15, 0.2) is 24.3 Å². The van der Waals surface area contributed by atoms with Crippen LogP contribution in [0, 0.1) is 3.57 Å². The Hall–Kier alpha value is -0.0900. The Morgan fingerprint density at radius 1 is 1.55 bits per heavy atom. The van der Waals surface area contributed by atoms with Crippen LogP contribution in [0.4, 0.5) is 0 Å². The topological polar surface area (TPSA) is 17.1 Å². The van der Waals surface area contributed by atoms with Gasteiger partial charge in [0.15, 0.2) is 0 Å². The highest BCUT2D eigenvalue weighted by atomic mass is 127. The van der Waals surface area contributed by atoms with Crippen molar-refractivity contribution in [2.24, 2.45) is 0 Å². The molecular weight excluding hydrogens is 274 g/mol. The minimum atomic E-state index is -0.313. The molecule has 0 radical (unpaired) electrons. The Kier molecular flexibility index (Phi) is 3.33. The summed E-state index contributed by atoms with van der Waals surface area (Å²) in [5.41, 5.74) is 0.969. The quantitative estimate of drug-likeness (QED) is 0.601. The molecule has 0 fully saturated rings. The highest BCUT2D eigenvalue weighted by Crippen LogP contribution is 2.08. The fourth-order valence-corrected chi connectivity index (χ4v) is 1.57. The molecule has 0 saturated heterocycles. The average molecular weight is 280 g/mol. The van der Waals surface area contributed by atoms with Crippen molar-refractivity contribution in [1.29, 1.82) is 0 Å². The van der Waals surface area contributed by atoms with E-state index >= 15 is 0 Å². The van der Waals surface area contributed by atoms with Gasteiger partial charge < -0.3 is 0 Å². The van der Waals surface area contributed by atoms with Gasteiger partial charge in [-0.3, -0.25) is 4.79 Å². The molecule has 0 atom stereocenters. The van der Waals surface area contributed by atoms with Crippen LogP contribution in [0.2, 0.25) is 0 Å². The molecule has 0 unspecified atom stereocenters. The second-order valence-electron chi connectivity index (χ2n) is 2.16. The van der Waals surface area contributed by atoms with E-state index in [-0.39, 0.29) is 5.24 Å². The van der Waals surface area contributed by atoms with Crippen LogP contribution >= 0.6 is 34.2 Å². The van der Waals surface area contributed by atoms with Gasteiger partial charge in [0.05, 0.1) is 0 Å². The van der Waals surface area contributed by atoms with Gasteiger partial charge in [0.1, 0.15) is 0 Å². The average Bonchev–Trinajstić information content (AvgIpc) is 1.85. The van der Waals surface area contributed by atoms with E-state index in [0.717, 1.165) is 9.13 Å². The Morgan fingerprint density at radius 2 is 2.27 bits per heavy atom. The highest BCUT2D eigenvalue weighted by molar-refractivity contribution is 14.1. The lowest BCUT2D eigenvalue weighted by atomic mass is 10.2. The second-order valence-corrected chi connectivity index (χ2v) is 3.83. The van der Waals surface area contributed by atoms with Crippen LogP contribution in [0.3, 0.4) is 0 Å². The first-order valence-electron chi connectivity index (χ1n) is 3.11. The van der Waals surface area contributed by atoms with E-state index in [1.807, 2.05) is 24.3 Å². The fourth-order valence-electron chi connectivity index (χ4n) is 0.807. The van der Waals surface area contributed by atoms with Crippen LogP contribution in [0.25, 0.3) is 0 Å². The lowest BCUT2D eigenvalue weighted by Crippen LogP contribution is -1.92. The van der Waals surface area contributed by atoms with E-state index in [1.165, 1.54) is 0 Å². The second kappa shape index (κ2) is 4.07. The molecule has 0 amide bonds. The summed E-state index contributed by atoms with van der Waals surface area (Å²) in [6.07, 6.45) is 0.318. The van der Waals surface area contributed by atoms with E-state index in [1.54, 1.807) is 0 Å². The summed E-state index contributed by atoms with van der Waals surface area (Å²) in [7, 11) is 0. The predicted octanol–water partition coefficient (Wildman–Crippen LogP) is 2.60. The van der Waals surface area contributed by atoms with E-state index in [2.05, 4.69) is 22.6 Å². The molecular formula is C8H6ClIO. The van der Waals surface area contributed by atoms with Gasteiger partial charge in [-0.1, -0.05) is 12.1 Å². The van der Waals surface area contributed by atoms with E-state index in [4.69, 9.17) is 11.6 Å². The van der Waals surface area contributed by atoms with Gasteiger partial charge in [-0.25, -0.2) is 0 Å². The van der Waals surface area contributed by atoms with Crippen LogP contribution in [0.5, 0.6) is 0 Å². The third-order valence-electron chi connectivity index (χ3n) is 1.23. The monoisotopic (exact) mass is 280 g/mol. The molecule has 0 spiro atoms. The van der Waals surface area contributed by atoms with Crippen molar-refractivity contribution in [1.82, 2.24) is 0 Å². The molecule has 0 N–H and O–H groups in total. The van der Waals surface area contributed by atoms with Crippen LogP contribution in [-0.2, 0) is 11.2 Å². The first kappa shape index (κ1) is 9.00. The van der Waals surface area contributed by atoms with Crippen molar-refractivity contribution in [3.8, 4) is 0 Å². The Balaban J connectivity index is 2.79. The highest BCUT2D eigenvalue weighted by Gasteiger charge is 1.98. The molecule has 1 nitrogen and oxygen atoms in total. The third kappa shape index (κ3) is 3.20. The third-order valence-corrected chi connectivity index (χ3v) is 2.04. The summed E-state index contributed by atoms with van der Waals surface area (Å²) in [5, 5.41) is -0.313. The molecule has 1 aromatic carbocycles. The van der Waals surface area contributed by atoms with Crippen LogP contribution < -0.4 is 0 Å². The number of hydrogen-bond acceptors (Lipinski definition) is 1. The van der Waals surface area contributed by atoms with Gasteiger partial charge in [-0.2, -0.15) is 0 Å². The van der Waals surface area contributed by atoms with Crippen molar-refractivity contribution in [2.75, 3.05) is 0 Å². The van der Waals surface area contributed by atoms with E-state index in [9.17, 15) is 4.79 Å². The summed E-state index contributed by atoms with van der Waals surface area (Å²) in [6.45, 7) is 0. The molecule has 0 aliphatic rings. The summed E-state index contributed by atoms with van der Waals surface area (Å²) in [5.74, 6) is 0. The Morgan fingerprint density at radius 3 is 2.82 bits per heavy atom. The van der Waals surface area contributed by atoms with Gasteiger partial charge in [-0.15, -0.1) is 0 Å². The number of rotatable bonds is 2. The first-order valence-corrected chi connectivity index (χ1v) is 4.57. The summed E-state index contributed by atoms with van der Waals surface area (Å²) < 4.78 is 1.12. The Bertz CT molecular complexity index is 273. The SMILES string of the molecule is O=C(Cl)Cc1cccc(I)c1. The maximum Gasteiger partial charge on any atom is 0.226 e. The molecule has 58 valence electrons. The van der Waals surface area contributed by atoms with E-state index in [0.29, 0.717) is 6.42 Å². The van der Waals surface area contributed by atoms with Gasteiger partial charge in [-0.05, 0) is 51.9 Å². The minimum Gasteiger partial charge on any atom is -0.281 e. The van der Waals surface area contributed by atoms with Crippen molar-refractivity contribution in [3.63, 3.8) is 0 Å². The van der Waals surface area contributed by atoms with Gasteiger partial charge >= 0.3 is 0 Å². The number of halogens is 2. The van der Waals surface area contributed by atoms with Crippen LogP contribution in [0.1, 0.15) is 5.56 Å². The number of hydrogen-bond donors (Lipinski definition) is 0. The molecule has 0 bridgehead atoms. The Labute approximate surface area is 83.9 Å². The summed E-state index contributed by atoms with van der Waals surface area (Å²) in [6, 6.07) is 7.73. The fraction of sp³-hybridized carbons (Fsp3) is 0.125. The standard InChI is InChI=1S/C8H6ClIO/c9-8(11)5-6-2-1-3-7(10)4-6/h1-4H,5H2. The summed E-state index contributed by atoms with van der Waals surface area (Å²) in [4.78, 5) is 10.5. The number of carbonyl (C=O) groups excluding carboxylic acids is 1. The number of benzene rings is 1. The molecule has 0 aliphatic heterocycles. The largest absolute Gasteiger partial charge is 0.281 e. The van der Waals surface area contributed by atoms with Crippen molar-refractivity contribution in [2.45, 2.75) is 6.42 Å². The zero-order chi connectivity index (χ0) is 8.27. The zero-order valence-corrected chi connectivity index (χ0v) is 8.59. The van der Waals surface area contributed by atoms with Crippen molar-refractivity contribution in [3.05, 3.63) is 33.4 Å². The molecule has 0 saturated carbocycles. The molecule has 1 aromatic rings. The van der Waals surface area contributed by atoms with Gasteiger partial charge in [0.2, 0.25) is 5.24 Å². The van der Waals surface area contributed by atoms with Crippen LogP contribution in [-0.4, -0.2) is 5.24 Å². The predicted molar refractivity (Wildman–Crippen MR) is 53.7 cm³/mol. The molecule has 0 aliphatic carbocycles. The first-order chi connectivity index (χ1) is 5.18. The number of carbonyl (C=O) groups is 1. The molecule has 11 heavy (non-hydrogen) atoms. The normalized spacial score (nSPS) is 9.64. The summed E-state index contributed by atoms with van der Waals surface area (Å²) >= 11 is 7.42. The van der Waals surface area contributed by atoms with Gasteiger partial charge in [0.25, 0.3) is 0 Å². The zero-order valence-electron chi connectivity index (χ0n) is 5.68. The molecule has 3 heteroatoms. The maximum atomic E-state index is 10.5. The lowest BCUT2D eigenvalue weighted by Gasteiger charge is -1.95. The lowest BCUT2D eigenvalue weighted by molar-refractivity contribution is -0.111. The molecule has 0 aromatic heterocycles. The van der Waals surface area contributed by atoms with E-state index < -0.39 is 0 Å². The van der Waals surface area contributed by atoms with Crippen molar-refractivity contribution < 1.29 is 4.79 Å². The molecule has 0 heterocycles. The van der Waals surface area contributed by atoms with Crippen molar-refractivity contribution >= 4 is 39.4 Å². The van der Waals surface area contributed by atoms with Gasteiger partial charge in [0, 0.05) is 9.99 Å². The molecule has 1 rings (SSSR count). The smallest absolute Gasteiger partial charge is 0.226 e. The maximum absolute atomic E-state index is 10.5.